The van der Waals surface area contributed by atoms with Crippen LogP contribution in [0.4, 0.5) is 11.4 Å². The summed E-state index contributed by atoms with van der Waals surface area (Å²) < 4.78 is 0. The first-order valence-corrected chi connectivity index (χ1v) is 8.93. The average Bonchev–Trinajstić information content (AvgIpc) is 3.05. The highest BCUT2D eigenvalue weighted by atomic mass is 32.1. The van der Waals surface area contributed by atoms with E-state index < -0.39 is 4.92 Å². The van der Waals surface area contributed by atoms with Crippen LogP contribution in [0.5, 0.6) is 0 Å². The maximum Gasteiger partial charge on any atom is 0.269 e. The monoisotopic (exact) mass is 357 g/mol. The topological polar surface area (TPSA) is 66.7 Å². The molecule has 1 aromatic carbocycles. The second-order valence-electron chi connectivity index (χ2n) is 5.89. The van der Waals surface area contributed by atoms with E-state index in [2.05, 4.69) is 4.90 Å². The molecule has 2 aromatic rings. The number of hydrogen-bond acceptors (Lipinski definition) is 5. The number of anilines is 1. The van der Waals surface area contributed by atoms with Gasteiger partial charge < -0.3 is 9.80 Å². The smallest absolute Gasteiger partial charge is 0.269 e. The van der Waals surface area contributed by atoms with Crippen molar-refractivity contribution >= 4 is 34.7 Å². The van der Waals surface area contributed by atoms with Crippen molar-refractivity contribution in [2.24, 2.45) is 0 Å². The van der Waals surface area contributed by atoms with Gasteiger partial charge in [0.05, 0.1) is 4.92 Å². The van der Waals surface area contributed by atoms with E-state index >= 15 is 0 Å². The molecule has 2 heterocycles. The number of thiophene rings is 1. The highest BCUT2D eigenvalue weighted by Gasteiger charge is 2.20. The summed E-state index contributed by atoms with van der Waals surface area (Å²) >= 11 is 1.63. The Balaban J connectivity index is 1.56. The molecule has 0 bridgehead atoms. The van der Waals surface area contributed by atoms with Crippen molar-refractivity contribution < 1.29 is 9.72 Å². The van der Waals surface area contributed by atoms with E-state index in [-0.39, 0.29) is 11.6 Å². The Morgan fingerprint density at radius 2 is 1.84 bits per heavy atom. The van der Waals surface area contributed by atoms with Gasteiger partial charge in [-0.25, -0.2) is 0 Å². The zero-order chi connectivity index (χ0) is 17.8. The first-order chi connectivity index (χ1) is 12.0. The van der Waals surface area contributed by atoms with E-state index in [1.54, 1.807) is 29.5 Å². The van der Waals surface area contributed by atoms with Crippen molar-refractivity contribution in [2.45, 2.75) is 6.92 Å². The lowest BCUT2D eigenvalue weighted by Gasteiger charge is -2.35. The number of hydrogen-bond donors (Lipinski definition) is 0. The van der Waals surface area contributed by atoms with E-state index in [0.717, 1.165) is 23.7 Å². The SMILES string of the molecule is Cc1ccsc1/C=C/C(=O)N1CCN(c2ccc([N+](=O)[O-])cc2)CC1. The largest absolute Gasteiger partial charge is 0.368 e. The van der Waals surface area contributed by atoms with Crippen LogP contribution in [0.1, 0.15) is 10.4 Å². The summed E-state index contributed by atoms with van der Waals surface area (Å²) in [4.78, 5) is 27.7. The van der Waals surface area contributed by atoms with Crippen molar-refractivity contribution in [3.05, 3.63) is 62.3 Å². The van der Waals surface area contributed by atoms with Crippen LogP contribution in [-0.2, 0) is 4.79 Å². The van der Waals surface area contributed by atoms with Gasteiger partial charge in [0.15, 0.2) is 0 Å². The molecule has 0 N–H and O–H groups in total. The van der Waals surface area contributed by atoms with Crippen LogP contribution in [-0.4, -0.2) is 41.9 Å². The van der Waals surface area contributed by atoms with Gasteiger partial charge in [0.2, 0.25) is 5.91 Å². The first-order valence-electron chi connectivity index (χ1n) is 8.05. The third-order valence-electron chi connectivity index (χ3n) is 4.30. The molecule has 0 radical (unpaired) electrons. The number of piperazine rings is 1. The van der Waals surface area contributed by atoms with Crippen LogP contribution in [0.2, 0.25) is 0 Å². The Morgan fingerprint density at radius 1 is 1.16 bits per heavy atom. The van der Waals surface area contributed by atoms with Crippen molar-refractivity contribution in [3.8, 4) is 0 Å². The summed E-state index contributed by atoms with van der Waals surface area (Å²) in [6, 6.07) is 8.58. The number of benzene rings is 1. The third-order valence-corrected chi connectivity index (χ3v) is 5.28. The van der Waals surface area contributed by atoms with E-state index in [1.165, 1.54) is 17.7 Å². The fourth-order valence-corrected chi connectivity index (χ4v) is 3.60. The Kier molecular flexibility index (Phi) is 5.14. The van der Waals surface area contributed by atoms with Gasteiger partial charge in [-0.05, 0) is 42.1 Å². The second-order valence-corrected chi connectivity index (χ2v) is 6.83. The van der Waals surface area contributed by atoms with Gasteiger partial charge >= 0.3 is 0 Å². The molecule has 7 heteroatoms. The van der Waals surface area contributed by atoms with Crippen molar-refractivity contribution in [1.29, 1.82) is 0 Å². The molecule has 1 fully saturated rings. The lowest BCUT2D eigenvalue weighted by atomic mass is 10.2. The number of nitro groups is 1. The molecule has 130 valence electrons. The minimum Gasteiger partial charge on any atom is -0.368 e. The predicted molar refractivity (Wildman–Crippen MR) is 100.0 cm³/mol. The second kappa shape index (κ2) is 7.48. The van der Waals surface area contributed by atoms with Crippen LogP contribution < -0.4 is 4.90 Å². The maximum atomic E-state index is 12.3. The predicted octanol–water partition coefficient (Wildman–Crippen LogP) is 3.33. The summed E-state index contributed by atoms with van der Waals surface area (Å²) in [5.74, 6) is 0.0242. The van der Waals surface area contributed by atoms with Gasteiger partial charge in [0, 0.05) is 55.0 Å². The molecule has 1 saturated heterocycles. The number of non-ortho nitro benzene ring substituents is 1. The summed E-state index contributed by atoms with van der Waals surface area (Å²) in [6.45, 7) is 4.75. The van der Waals surface area contributed by atoms with Crippen molar-refractivity contribution in [1.82, 2.24) is 4.90 Å². The van der Waals surface area contributed by atoms with Gasteiger partial charge in [-0.1, -0.05) is 0 Å². The molecule has 25 heavy (non-hydrogen) atoms. The lowest BCUT2D eigenvalue weighted by molar-refractivity contribution is -0.384. The van der Waals surface area contributed by atoms with Crippen molar-refractivity contribution in [2.75, 3.05) is 31.1 Å². The Morgan fingerprint density at radius 3 is 2.40 bits per heavy atom. The Labute approximate surface area is 150 Å². The molecule has 3 rings (SSSR count). The fourth-order valence-electron chi connectivity index (χ4n) is 2.78. The minimum absolute atomic E-state index is 0.0242. The van der Waals surface area contributed by atoms with Crippen LogP contribution in [0.3, 0.4) is 0 Å². The molecule has 6 nitrogen and oxygen atoms in total. The number of carbonyl (C=O) groups excluding carboxylic acids is 1. The summed E-state index contributed by atoms with van der Waals surface area (Å²) in [5, 5.41) is 12.7. The zero-order valence-electron chi connectivity index (χ0n) is 13.9. The number of nitro benzene ring substituents is 1. The lowest BCUT2D eigenvalue weighted by Crippen LogP contribution is -2.48. The zero-order valence-corrected chi connectivity index (χ0v) is 14.7. The van der Waals surface area contributed by atoms with Crippen LogP contribution in [0.25, 0.3) is 6.08 Å². The standard InChI is InChI=1S/C18H19N3O3S/c1-14-8-13-25-17(14)6-7-18(22)20-11-9-19(10-12-20)15-2-4-16(5-3-15)21(23)24/h2-8,13H,9-12H2,1H3/b7-6+. The van der Waals surface area contributed by atoms with Crippen LogP contribution in [0.15, 0.2) is 41.8 Å². The molecule has 0 spiro atoms. The first kappa shape index (κ1) is 17.2. The van der Waals surface area contributed by atoms with Gasteiger partial charge in [-0.2, -0.15) is 0 Å². The maximum absolute atomic E-state index is 12.3. The molecular formula is C18H19N3O3S. The van der Waals surface area contributed by atoms with Gasteiger partial charge in [-0.3, -0.25) is 14.9 Å². The molecule has 0 aliphatic carbocycles. The minimum atomic E-state index is -0.401. The molecule has 0 atom stereocenters. The summed E-state index contributed by atoms with van der Waals surface area (Å²) in [7, 11) is 0. The number of carbonyl (C=O) groups is 1. The molecule has 1 aromatic heterocycles. The molecule has 1 amide bonds. The number of amides is 1. The molecular weight excluding hydrogens is 338 g/mol. The number of rotatable bonds is 4. The molecule has 1 aliphatic rings. The highest BCUT2D eigenvalue weighted by molar-refractivity contribution is 7.11. The summed E-state index contributed by atoms with van der Waals surface area (Å²) in [6.07, 6.45) is 3.52. The van der Waals surface area contributed by atoms with Gasteiger partial charge in [-0.15, -0.1) is 11.3 Å². The van der Waals surface area contributed by atoms with Crippen LogP contribution >= 0.6 is 11.3 Å². The average molecular weight is 357 g/mol. The van der Waals surface area contributed by atoms with E-state index in [9.17, 15) is 14.9 Å². The normalized spacial score (nSPS) is 14.9. The molecule has 0 saturated carbocycles. The molecule has 0 unspecified atom stereocenters. The third kappa shape index (κ3) is 4.06. The summed E-state index contributed by atoms with van der Waals surface area (Å²) in [5.41, 5.74) is 2.21. The van der Waals surface area contributed by atoms with E-state index in [4.69, 9.17) is 0 Å². The van der Waals surface area contributed by atoms with Gasteiger partial charge in [0.1, 0.15) is 0 Å². The Bertz CT molecular complexity index is 790. The van der Waals surface area contributed by atoms with Gasteiger partial charge in [0.25, 0.3) is 5.69 Å². The Hall–Kier alpha value is -2.67. The van der Waals surface area contributed by atoms with E-state index in [0.29, 0.717) is 13.1 Å². The van der Waals surface area contributed by atoms with Crippen LogP contribution in [0, 0.1) is 17.0 Å². The fraction of sp³-hybridized carbons (Fsp3) is 0.278. The molecule has 1 aliphatic heterocycles. The highest BCUT2D eigenvalue weighted by Crippen LogP contribution is 2.21. The number of nitrogens with zero attached hydrogens (tertiary/aromatic N) is 3. The van der Waals surface area contributed by atoms with E-state index in [1.807, 2.05) is 29.3 Å². The number of aryl methyl sites for hydroxylation is 1. The van der Waals surface area contributed by atoms with Crippen molar-refractivity contribution in [3.63, 3.8) is 0 Å². The quantitative estimate of drug-likeness (QED) is 0.478.